The molecule has 0 radical (unpaired) electrons. The fourth-order valence-electron chi connectivity index (χ4n) is 1.09. The molecule has 0 fully saturated rings. The predicted octanol–water partition coefficient (Wildman–Crippen LogP) is 2.80. The van der Waals surface area contributed by atoms with Crippen LogP contribution in [0.4, 0.5) is 18.3 Å². The van der Waals surface area contributed by atoms with Crippen molar-refractivity contribution in [3.05, 3.63) is 24.3 Å². The lowest BCUT2D eigenvalue weighted by Gasteiger charge is -2.03. The Morgan fingerprint density at radius 3 is 2.62 bits per heavy atom. The van der Waals surface area contributed by atoms with Gasteiger partial charge in [0, 0.05) is 0 Å². The van der Waals surface area contributed by atoms with Crippen molar-refractivity contribution in [2.45, 2.75) is 6.18 Å². The molecule has 0 aliphatic heterocycles. The van der Waals surface area contributed by atoms with Crippen molar-refractivity contribution in [1.82, 2.24) is 4.98 Å². The minimum atomic E-state index is -4.89. The Hall–Kier alpha value is -1.63. The van der Waals surface area contributed by atoms with Gasteiger partial charge in [-0.2, -0.15) is 13.2 Å². The zero-order valence-electron chi connectivity index (χ0n) is 7.71. The van der Waals surface area contributed by atoms with E-state index in [0.717, 1.165) is 16.0 Å². The van der Waals surface area contributed by atoms with Crippen molar-refractivity contribution in [3.63, 3.8) is 0 Å². The van der Waals surface area contributed by atoms with Gasteiger partial charge in [0.25, 0.3) is 0 Å². The number of nitrogens with one attached hydrogen (secondary N) is 1. The number of aromatic nitrogens is 1. The van der Waals surface area contributed by atoms with Crippen molar-refractivity contribution in [2.75, 3.05) is 5.32 Å². The molecule has 7 heteroatoms. The second-order valence-electron chi connectivity index (χ2n) is 2.94. The van der Waals surface area contributed by atoms with Crippen LogP contribution in [-0.2, 0) is 4.79 Å². The summed E-state index contributed by atoms with van der Waals surface area (Å²) in [5.74, 6) is -2.01. The summed E-state index contributed by atoms with van der Waals surface area (Å²) in [5, 5.41) is 1.66. The summed E-state index contributed by atoms with van der Waals surface area (Å²) in [7, 11) is 0. The van der Waals surface area contributed by atoms with E-state index >= 15 is 0 Å². The molecular weight excluding hydrogens is 241 g/mol. The molecule has 16 heavy (non-hydrogen) atoms. The van der Waals surface area contributed by atoms with Crippen LogP contribution in [0.25, 0.3) is 10.2 Å². The third-order valence-corrected chi connectivity index (χ3v) is 2.72. The van der Waals surface area contributed by atoms with Crippen LogP contribution in [0.1, 0.15) is 0 Å². The third kappa shape index (κ3) is 2.13. The lowest BCUT2D eigenvalue weighted by molar-refractivity contribution is -0.167. The summed E-state index contributed by atoms with van der Waals surface area (Å²) >= 11 is 0.999. The first-order chi connectivity index (χ1) is 7.47. The lowest BCUT2D eigenvalue weighted by Crippen LogP contribution is -2.29. The Morgan fingerprint density at radius 1 is 1.31 bits per heavy atom. The number of rotatable bonds is 1. The number of hydrogen-bond donors (Lipinski definition) is 1. The molecular formula is C9H5F3N2OS. The average Bonchev–Trinajstić information content (AvgIpc) is 2.58. The van der Waals surface area contributed by atoms with Gasteiger partial charge in [0.05, 0.1) is 10.2 Å². The maximum Gasteiger partial charge on any atom is 0.471 e. The molecule has 0 atom stereocenters. The Morgan fingerprint density at radius 2 is 2.00 bits per heavy atom. The molecule has 1 aromatic carbocycles. The van der Waals surface area contributed by atoms with Gasteiger partial charge in [-0.3, -0.25) is 10.1 Å². The van der Waals surface area contributed by atoms with E-state index in [1.165, 1.54) is 0 Å². The van der Waals surface area contributed by atoms with E-state index < -0.39 is 12.1 Å². The number of hydrogen-bond acceptors (Lipinski definition) is 3. The van der Waals surface area contributed by atoms with Gasteiger partial charge in [-0.1, -0.05) is 23.5 Å². The van der Waals surface area contributed by atoms with Crippen molar-refractivity contribution < 1.29 is 18.0 Å². The Kier molecular flexibility index (Phi) is 2.55. The van der Waals surface area contributed by atoms with E-state index in [-0.39, 0.29) is 5.13 Å². The maximum absolute atomic E-state index is 12.0. The Balaban J connectivity index is 2.25. The van der Waals surface area contributed by atoms with Gasteiger partial charge in [0.2, 0.25) is 0 Å². The van der Waals surface area contributed by atoms with Gasteiger partial charge in [-0.05, 0) is 12.1 Å². The molecule has 1 aromatic heterocycles. The number of nitrogens with zero attached hydrogens (tertiary/aromatic N) is 1. The van der Waals surface area contributed by atoms with Gasteiger partial charge in [0.15, 0.2) is 5.13 Å². The Labute approximate surface area is 91.9 Å². The van der Waals surface area contributed by atoms with Crippen molar-refractivity contribution in [2.24, 2.45) is 0 Å². The molecule has 0 saturated heterocycles. The first kappa shape index (κ1) is 10.9. The van der Waals surface area contributed by atoms with Gasteiger partial charge < -0.3 is 0 Å². The molecule has 0 spiro atoms. The standard InChI is InChI=1S/C9H5F3N2OS/c10-9(11,12)7(15)14-8-13-5-3-1-2-4-6(5)16-8/h1-4H,(H,13,14,15). The molecule has 2 rings (SSSR count). The van der Waals surface area contributed by atoms with Crippen LogP contribution in [0.5, 0.6) is 0 Å². The molecule has 1 amide bonds. The fraction of sp³-hybridized carbons (Fsp3) is 0.111. The summed E-state index contributed by atoms with van der Waals surface area (Å²) < 4.78 is 36.6. The number of fused-ring (bicyclic) bond motifs is 1. The summed E-state index contributed by atoms with van der Waals surface area (Å²) in [6.45, 7) is 0. The number of para-hydroxylation sites is 1. The molecule has 84 valence electrons. The SMILES string of the molecule is O=C(Nc1nc2ccccc2s1)C(F)(F)F. The molecule has 0 saturated carbocycles. The second kappa shape index (κ2) is 3.75. The number of amides is 1. The zero-order valence-corrected chi connectivity index (χ0v) is 8.52. The monoisotopic (exact) mass is 246 g/mol. The smallest absolute Gasteiger partial charge is 0.294 e. The topological polar surface area (TPSA) is 42.0 Å². The minimum absolute atomic E-state index is 0.0523. The average molecular weight is 246 g/mol. The van der Waals surface area contributed by atoms with Crippen LogP contribution in [0.15, 0.2) is 24.3 Å². The molecule has 0 bridgehead atoms. The molecule has 0 aliphatic carbocycles. The van der Waals surface area contributed by atoms with E-state index in [9.17, 15) is 18.0 Å². The lowest BCUT2D eigenvalue weighted by atomic mass is 10.3. The van der Waals surface area contributed by atoms with Crippen LogP contribution >= 0.6 is 11.3 Å². The second-order valence-corrected chi connectivity index (χ2v) is 3.97. The Bertz CT molecular complexity index is 502. The third-order valence-electron chi connectivity index (χ3n) is 1.77. The van der Waals surface area contributed by atoms with Crippen molar-refractivity contribution >= 4 is 32.6 Å². The number of halogens is 3. The molecule has 1 heterocycles. The number of thiazole rings is 1. The highest BCUT2D eigenvalue weighted by Crippen LogP contribution is 2.26. The van der Waals surface area contributed by atoms with Crippen molar-refractivity contribution in [3.8, 4) is 0 Å². The van der Waals surface area contributed by atoms with E-state index in [1.54, 1.807) is 29.6 Å². The van der Waals surface area contributed by atoms with Crippen molar-refractivity contribution in [1.29, 1.82) is 0 Å². The molecule has 1 N–H and O–H groups in total. The number of alkyl halides is 3. The quantitative estimate of drug-likeness (QED) is 0.840. The predicted molar refractivity (Wildman–Crippen MR) is 54.3 cm³/mol. The van der Waals surface area contributed by atoms with Crippen LogP contribution in [0.2, 0.25) is 0 Å². The number of anilines is 1. The first-order valence-electron chi connectivity index (χ1n) is 4.20. The summed E-state index contributed by atoms with van der Waals surface area (Å²) in [4.78, 5) is 14.5. The summed E-state index contributed by atoms with van der Waals surface area (Å²) in [5.41, 5.74) is 0.560. The summed E-state index contributed by atoms with van der Waals surface area (Å²) in [6.07, 6.45) is -4.89. The van der Waals surface area contributed by atoms with Crippen LogP contribution in [0.3, 0.4) is 0 Å². The van der Waals surface area contributed by atoms with Gasteiger partial charge in [-0.15, -0.1) is 0 Å². The number of carbonyl (C=O) groups excluding carboxylic acids is 1. The van der Waals surface area contributed by atoms with E-state index in [1.807, 2.05) is 0 Å². The molecule has 0 aliphatic rings. The fourth-order valence-corrected chi connectivity index (χ4v) is 1.95. The molecule has 2 aromatic rings. The van der Waals surface area contributed by atoms with E-state index in [2.05, 4.69) is 4.98 Å². The van der Waals surface area contributed by atoms with Crippen LogP contribution < -0.4 is 5.32 Å². The van der Waals surface area contributed by atoms with Gasteiger partial charge >= 0.3 is 12.1 Å². The van der Waals surface area contributed by atoms with E-state index in [4.69, 9.17) is 0 Å². The number of carbonyl (C=O) groups is 1. The van der Waals surface area contributed by atoms with Gasteiger partial charge in [-0.25, -0.2) is 4.98 Å². The largest absolute Gasteiger partial charge is 0.471 e. The zero-order chi connectivity index (χ0) is 11.8. The highest BCUT2D eigenvalue weighted by Gasteiger charge is 2.39. The number of benzene rings is 1. The van der Waals surface area contributed by atoms with E-state index in [0.29, 0.717) is 5.52 Å². The normalized spacial score (nSPS) is 11.7. The van der Waals surface area contributed by atoms with Crippen LogP contribution in [-0.4, -0.2) is 17.1 Å². The molecule has 3 nitrogen and oxygen atoms in total. The molecule has 0 unspecified atom stereocenters. The first-order valence-corrected chi connectivity index (χ1v) is 5.02. The highest BCUT2D eigenvalue weighted by atomic mass is 32.1. The minimum Gasteiger partial charge on any atom is -0.294 e. The summed E-state index contributed by atoms with van der Waals surface area (Å²) in [6, 6.07) is 6.85. The maximum atomic E-state index is 12.0. The van der Waals surface area contributed by atoms with Crippen LogP contribution in [0, 0.1) is 0 Å². The van der Waals surface area contributed by atoms with Gasteiger partial charge in [0.1, 0.15) is 0 Å². The highest BCUT2D eigenvalue weighted by molar-refractivity contribution is 7.22.